The number of halogens is 1. The minimum atomic E-state index is -1.21. The molecule has 3 rings (SSSR count). The Hall–Kier alpha value is -3.21. The molecule has 0 fully saturated rings. The van der Waals surface area contributed by atoms with Crippen LogP contribution in [0.15, 0.2) is 66.7 Å². The fourth-order valence-corrected chi connectivity index (χ4v) is 2.66. The van der Waals surface area contributed by atoms with Gasteiger partial charge in [0.05, 0.1) is 0 Å². The van der Waals surface area contributed by atoms with Crippen LogP contribution in [0.25, 0.3) is 10.8 Å². The fraction of sp³-hybridized carbons (Fsp3) is 0.100. The van der Waals surface area contributed by atoms with E-state index in [0.717, 1.165) is 10.8 Å². The molecule has 25 heavy (non-hydrogen) atoms. The molecule has 4 nitrogen and oxygen atoms in total. The number of benzene rings is 3. The van der Waals surface area contributed by atoms with E-state index in [1.807, 2.05) is 24.3 Å². The quantitative estimate of drug-likeness (QED) is 0.750. The van der Waals surface area contributed by atoms with Gasteiger partial charge >= 0.3 is 5.97 Å². The molecule has 3 aromatic carbocycles. The maximum Gasteiger partial charge on any atom is 0.326 e. The van der Waals surface area contributed by atoms with E-state index >= 15 is 0 Å². The molecular weight excluding hydrogens is 321 g/mol. The number of carbonyl (C=O) groups excluding carboxylic acids is 1. The molecule has 126 valence electrons. The van der Waals surface area contributed by atoms with Gasteiger partial charge in [0.1, 0.15) is 11.9 Å². The number of carboxylic acids is 1. The number of fused-ring (bicyclic) bond motifs is 1. The van der Waals surface area contributed by atoms with Crippen molar-refractivity contribution < 1.29 is 19.1 Å². The zero-order valence-electron chi connectivity index (χ0n) is 13.3. The summed E-state index contributed by atoms with van der Waals surface area (Å²) in [6.07, 6.45) is -0.124. The van der Waals surface area contributed by atoms with E-state index < -0.39 is 23.7 Å². The molecule has 5 heteroatoms. The molecule has 2 N–H and O–H groups in total. The first-order valence-corrected chi connectivity index (χ1v) is 7.80. The Labute approximate surface area is 143 Å². The molecule has 0 unspecified atom stereocenters. The summed E-state index contributed by atoms with van der Waals surface area (Å²) in [5, 5.41) is 13.7. The Kier molecular flexibility index (Phi) is 4.75. The maximum atomic E-state index is 13.7. The largest absolute Gasteiger partial charge is 0.480 e. The van der Waals surface area contributed by atoms with Crippen molar-refractivity contribution in [1.82, 2.24) is 5.32 Å². The topological polar surface area (TPSA) is 66.4 Å². The van der Waals surface area contributed by atoms with Crippen molar-refractivity contribution in [3.05, 3.63) is 83.7 Å². The lowest BCUT2D eigenvalue weighted by atomic mass is 10.0. The van der Waals surface area contributed by atoms with Gasteiger partial charge in [-0.3, -0.25) is 4.79 Å². The minimum absolute atomic E-state index is 0.124. The summed E-state index contributed by atoms with van der Waals surface area (Å²) >= 11 is 0. The molecule has 1 amide bonds. The third-order valence-corrected chi connectivity index (χ3v) is 4.00. The van der Waals surface area contributed by atoms with Gasteiger partial charge in [0.15, 0.2) is 0 Å². The van der Waals surface area contributed by atoms with Crippen LogP contribution in [-0.2, 0) is 11.2 Å². The third-order valence-electron chi connectivity index (χ3n) is 4.00. The van der Waals surface area contributed by atoms with Gasteiger partial charge in [-0.15, -0.1) is 0 Å². The monoisotopic (exact) mass is 337 g/mol. The molecule has 1 atom stereocenters. The van der Waals surface area contributed by atoms with E-state index in [1.165, 1.54) is 18.2 Å². The number of carboxylic acid groups (broad SMARTS) is 1. The summed E-state index contributed by atoms with van der Waals surface area (Å²) in [5.74, 6) is -2.21. The first-order chi connectivity index (χ1) is 12.0. The zero-order valence-corrected chi connectivity index (χ0v) is 13.3. The highest BCUT2D eigenvalue weighted by Gasteiger charge is 2.22. The zero-order chi connectivity index (χ0) is 17.8. The van der Waals surface area contributed by atoms with Crippen LogP contribution in [0.4, 0.5) is 4.39 Å². The molecular formula is C20H16FNO3. The van der Waals surface area contributed by atoms with Crippen LogP contribution in [-0.4, -0.2) is 23.0 Å². The Morgan fingerprint density at radius 1 is 0.960 bits per heavy atom. The van der Waals surface area contributed by atoms with Gasteiger partial charge < -0.3 is 10.4 Å². The number of carbonyl (C=O) groups is 2. The van der Waals surface area contributed by atoms with Crippen LogP contribution >= 0.6 is 0 Å². The highest BCUT2D eigenvalue weighted by atomic mass is 19.1. The second-order valence-electron chi connectivity index (χ2n) is 5.72. The van der Waals surface area contributed by atoms with E-state index in [4.69, 9.17) is 0 Å². The second kappa shape index (κ2) is 7.13. The molecule has 0 saturated heterocycles. The minimum Gasteiger partial charge on any atom is -0.480 e. The van der Waals surface area contributed by atoms with Crippen molar-refractivity contribution in [3.63, 3.8) is 0 Å². The predicted molar refractivity (Wildman–Crippen MR) is 92.9 cm³/mol. The molecule has 0 aliphatic heterocycles. The first kappa shape index (κ1) is 16.6. The van der Waals surface area contributed by atoms with Crippen LogP contribution < -0.4 is 5.32 Å². The number of aliphatic carboxylic acids is 1. The van der Waals surface area contributed by atoms with E-state index in [0.29, 0.717) is 5.56 Å². The number of hydrogen-bond acceptors (Lipinski definition) is 2. The van der Waals surface area contributed by atoms with Crippen molar-refractivity contribution in [2.45, 2.75) is 12.5 Å². The third kappa shape index (κ3) is 3.83. The van der Waals surface area contributed by atoms with Gasteiger partial charge in [0, 0.05) is 12.0 Å². The summed E-state index contributed by atoms with van der Waals surface area (Å²) in [6, 6.07) is 17.4. The smallest absolute Gasteiger partial charge is 0.326 e. The van der Waals surface area contributed by atoms with Gasteiger partial charge in [-0.05, 0) is 34.5 Å². The molecule has 0 heterocycles. The standard InChI is InChI=1S/C20H16FNO3/c21-17-8-4-3-7-15(17)12-18(20(24)25)22-19(23)16-10-9-13-5-1-2-6-14(13)11-16/h1-11,18H,12H2,(H,22,23)(H,24,25)/t18-/m0/s1. The Bertz CT molecular complexity index is 939. The van der Waals surface area contributed by atoms with Gasteiger partial charge in [-0.2, -0.15) is 0 Å². The predicted octanol–water partition coefficient (Wildman–Crippen LogP) is 3.40. The Morgan fingerprint density at radius 3 is 2.36 bits per heavy atom. The molecule has 0 aliphatic rings. The van der Waals surface area contributed by atoms with Crippen LogP contribution in [0.1, 0.15) is 15.9 Å². The Balaban J connectivity index is 1.80. The van der Waals surface area contributed by atoms with Gasteiger partial charge in [-0.1, -0.05) is 48.5 Å². The molecule has 0 saturated carbocycles. The highest BCUT2D eigenvalue weighted by molar-refractivity contribution is 6.00. The van der Waals surface area contributed by atoms with Crippen molar-refractivity contribution in [2.75, 3.05) is 0 Å². The lowest BCUT2D eigenvalue weighted by Gasteiger charge is -2.15. The number of amides is 1. The van der Waals surface area contributed by atoms with Crippen LogP contribution in [0.3, 0.4) is 0 Å². The van der Waals surface area contributed by atoms with Crippen molar-refractivity contribution in [3.8, 4) is 0 Å². The van der Waals surface area contributed by atoms with Crippen molar-refractivity contribution >= 4 is 22.6 Å². The molecule has 0 bridgehead atoms. The average molecular weight is 337 g/mol. The molecule has 0 aromatic heterocycles. The van der Waals surface area contributed by atoms with Crippen LogP contribution in [0, 0.1) is 5.82 Å². The van der Waals surface area contributed by atoms with Gasteiger partial charge in [0.2, 0.25) is 0 Å². The Morgan fingerprint density at radius 2 is 1.64 bits per heavy atom. The van der Waals surface area contributed by atoms with Crippen LogP contribution in [0.5, 0.6) is 0 Å². The van der Waals surface area contributed by atoms with E-state index in [1.54, 1.807) is 24.3 Å². The summed E-state index contributed by atoms with van der Waals surface area (Å²) in [5.41, 5.74) is 0.604. The summed E-state index contributed by atoms with van der Waals surface area (Å²) in [6.45, 7) is 0. The van der Waals surface area contributed by atoms with E-state index in [9.17, 15) is 19.1 Å². The number of rotatable bonds is 5. The first-order valence-electron chi connectivity index (χ1n) is 7.80. The summed E-state index contributed by atoms with van der Waals surface area (Å²) in [7, 11) is 0. The maximum absolute atomic E-state index is 13.7. The van der Waals surface area contributed by atoms with Crippen molar-refractivity contribution in [1.29, 1.82) is 0 Å². The molecule has 0 aliphatic carbocycles. The second-order valence-corrected chi connectivity index (χ2v) is 5.72. The normalized spacial score (nSPS) is 11.9. The highest BCUT2D eigenvalue weighted by Crippen LogP contribution is 2.16. The van der Waals surface area contributed by atoms with Gasteiger partial charge in [0.25, 0.3) is 5.91 Å². The summed E-state index contributed by atoms with van der Waals surface area (Å²) < 4.78 is 13.7. The lowest BCUT2D eigenvalue weighted by molar-refractivity contribution is -0.139. The van der Waals surface area contributed by atoms with Crippen molar-refractivity contribution in [2.24, 2.45) is 0 Å². The molecule has 3 aromatic rings. The molecule has 0 spiro atoms. The summed E-state index contributed by atoms with van der Waals surface area (Å²) in [4.78, 5) is 23.9. The molecule has 0 radical (unpaired) electrons. The lowest BCUT2D eigenvalue weighted by Crippen LogP contribution is -2.42. The number of hydrogen-bond donors (Lipinski definition) is 2. The number of nitrogens with one attached hydrogen (secondary N) is 1. The average Bonchev–Trinajstić information content (AvgIpc) is 2.62. The fourth-order valence-electron chi connectivity index (χ4n) is 2.66. The van der Waals surface area contributed by atoms with E-state index in [-0.39, 0.29) is 12.0 Å². The van der Waals surface area contributed by atoms with E-state index in [2.05, 4.69) is 5.32 Å². The van der Waals surface area contributed by atoms with Crippen LogP contribution in [0.2, 0.25) is 0 Å². The SMILES string of the molecule is O=C(N[C@@H](Cc1ccccc1F)C(=O)O)c1ccc2ccccc2c1. The van der Waals surface area contributed by atoms with Gasteiger partial charge in [-0.25, -0.2) is 9.18 Å².